The zero-order valence-corrected chi connectivity index (χ0v) is 17.4. The minimum Gasteiger partial charge on any atom is -0.476 e. The molecule has 1 atom stereocenters. The first-order valence-electron chi connectivity index (χ1n) is 9.35. The number of nitrogens with zero attached hydrogens (tertiary/aromatic N) is 4. The SMILES string of the molecule is CNc1nc(Cl)cc2c1c(C(=O)O)nn2-c1cccc(C#CC2(O)CCN(C)C2=O)c1. The maximum atomic E-state index is 12.1. The van der Waals surface area contributed by atoms with E-state index < -0.39 is 17.5 Å². The first-order valence-corrected chi connectivity index (χ1v) is 9.73. The lowest BCUT2D eigenvalue weighted by Crippen LogP contribution is -2.37. The molecule has 1 aromatic carbocycles. The van der Waals surface area contributed by atoms with Crippen molar-refractivity contribution in [2.45, 2.75) is 12.0 Å². The van der Waals surface area contributed by atoms with E-state index >= 15 is 0 Å². The molecule has 3 heterocycles. The van der Waals surface area contributed by atoms with Crippen LogP contribution in [0.5, 0.6) is 0 Å². The van der Waals surface area contributed by atoms with Crippen molar-refractivity contribution in [3.63, 3.8) is 0 Å². The number of anilines is 1. The molecule has 9 nitrogen and oxygen atoms in total. The summed E-state index contributed by atoms with van der Waals surface area (Å²) in [5, 5.41) is 27.7. The summed E-state index contributed by atoms with van der Waals surface area (Å²) < 4.78 is 1.45. The third-order valence-corrected chi connectivity index (χ3v) is 5.28. The Balaban J connectivity index is 1.82. The van der Waals surface area contributed by atoms with E-state index in [1.807, 2.05) is 0 Å². The van der Waals surface area contributed by atoms with E-state index in [4.69, 9.17) is 11.6 Å². The maximum absolute atomic E-state index is 12.1. The number of aliphatic hydroxyl groups is 1. The molecule has 31 heavy (non-hydrogen) atoms. The Morgan fingerprint density at radius 3 is 2.77 bits per heavy atom. The Hall–Kier alpha value is -3.61. The first kappa shape index (κ1) is 20.7. The molecular formula is C21H18ClN5O4. The number of fused-ring (bicyclic) bond motifs is 1. The number of benzene rings is 1. The van der Waals surface area contributed by atoms with Crippen LogP contribution in [0.4, 0.5) is 5.82 Å². The van der Waals surface area contributed by atoms with Gasteiger partial charge in [0.05, 0.1) is 16.6 Å². The highest BCUT2D eigenvalue weighted by Crippen LogP contribution is 2.30. The molecular weight excluding hydrogens is 422 g/mol. The van der Waals surface area contributed by atoms with Crippen LogP contribution in [-0.4, -0.2) is 68.0 Å². The Bertz CT molecular complexity index is 1290. The van der Waals surface area contributed by atoms with Crippen molar-refractivity contribution in [3.8, 4) is 17.5 Å². The van der Waals surface area contributed by atoms with Crippen molar-refractivity contribution >= 4 is 40.2 Å². The van der Waals surface area contributed by atoms with Gasteiger partial charge in [0.2, 0.25) is 5.60 Å². The van der Waals surface area contributed by atoms with Crippen molar-refractivity contribution in [2.24, 2.45) is 0 Å². The standard InChI is InChI=1S/C21H18ClN5O4/c1-23-18-16-14(11-15(22)24-18)27(25-17(16)19(28)29)13-5-3-4-12(10-13)6-7-21(31)8-9-26(2)20(21)30/h3-5,10-11,31H,8-9H2,1-2H3,(H,23,24)(H,28,29). The lowest BCUT2D eigenvalue weighted by Gasteiger charge is -2.13. The number of aromatic carboxylic acids is 1. The average molecular weight is 440 g/mol. The van der Waals surface area contributed by atoms with E-state index in [1.165, 1.54) is 15.6 Å². The molecule has 3 aromatic rings. The van der Waals surface area contributed by atoms with Gasteiger partial charge < -0.3 is 20.4 Å². The van der Waals surface area contributed by atoms with Crippen molar-refractivity contribution in [1.29, 1.82) is 0 Å². The average Bonchev–Trinajstić information content (AvgIpc) is 3.26. The smallest absolute Gasteiger partial charge is 0.357 e. The quantitative estimate of drug-likeness (QED) is 0.420. The van der Waals surface area contributed by atoms with Crippen molar-refractivity contribution in [3.05, 3.63) is 46.7 Å². The van der Waals surface area contributed by atoms with Gasteiger partial charge in [0.1, 0.15) is 11.0 Å². The van der Waals surface area contributed by atoms with Crippen molar-refractivity contribution < 1.29 is 19.8 Å². The lowest BCUT2D eigenvalue weighted by atomic mass is 10.0. The number of carbonyl (C=O) groups excluding carboxylic acids is 1. The summed E-state index contributed by atoms with van der Waals surface area (Å²) >= 11 is 6.12. The summed E-state index contributed by atoms with van der Waals surface area (Å²) in [4.78, 5) is 29.5. The predicted molar refractivity (Wildman–Crippen MR) is 114 cm³/mol. The molecule has 0 radical (unpaired) electrons. The van der Waals surface area contributed by atoms with E-state index in [-0.39, 0.29) is 17.3 Å². The van der Waals surface area contributed by atoms with Crippen LogP contribution in [0.15, 0.2) is 30.3 Å². The maximum Gasteiger partial charge on any atom is 0.357 e. The summed E-state index contributed by atoms with van der Waals surface area (Å²) in [6.45, 7) is 0.434. The van der Waals surface area contributed by atoms with Gasteiger partial charge >= 0.3 is 5.97 Å². The normalized spacial score (nSPS) is 18.2. The lowest BCUT2D eigenvalue weighted by molar-refractivity contribution is -0.137. The second-order valence-corrected chi connectivity index (χ2v) is 7.53. The van der Waals surface area contributed by atoms with Crippen LogP contribution < -0.4 is 5.32 Å². The highest BCUT2D eigenvalue weighted by atomic mass is 35.5. The molecule has 1 unspecified atom stereocenters. The Morgan fingerprint density at radius 1 is 1.35 bits per heavy atom. The molecule has 1 fully saturated rings. The van der Waals surface area contributed by atoms with Crippen LogP contribution in [0.2, 0.25) is 5.15 Å². The number of carboxylic acid groups (broad SMARTS) is 1. The number of pyridine rings is 1. The summed E-state index contributed by atoms with van der Waals surface area (Å²) in [5.41, 5.74) is -0.356. The van der Waals surface area contributed by atoms with E-state index in [0.29, 0.717) is 34.5 Å². The molecule has 2 aromatic heterocycles. The molecule has 4 rings (SSSR count). The second-order valence-electron chi connectivity index (χ2n) is 7.14. The molecule has 3 N–H and O–H groups in total. The number of hydrogen-bond donors (Lipinski definition) is 3. The fraction of sp³-hybridized carbons (Fsp3) is 0.238. The number of likely N-dealkylation sites (tertiary alicyclic amines) is 1. The zero-order valence-electron chi connectivity index (χ0n) is 16.7. The van der Waals surface area contributed by atoms with Gasteiger partial charge in [-0.25, -0.2) is 14.5 Å². The zero-order chi connectivity index (χ0) is 22.3. The Labute approximate surface area is 182 Å². The van der Waals surface area contributed by atoms with Crippen LogP contribution in [0.25, 0.3) is 16.6 Å². The highest BCUT2D eigenvalue weighted by Gasteiger charge is 2.42. The van der Waals surface area contributed by atoms with Gasteiger partial charge in [-0.15, -0.1) is 0 Å². The number of likely N-dealkylation sites (N-methyl/N-ethyl adjacent to an activating group) is 1. The van der Waals surface area contributed by atoms with Crippen LogP contribution in [0.1, 0.15) is 22.5 Å². The van der Waals surface area contributed by atoms with Gasteiger partial charge in [-0.1, -0.05) is 29.5 Å². The molecule has 0 bridgehead atoms. The number of rotatable bonds is 3. The number of halogens is 1. The van der Waals surface area contributed by atoms with Crippen LogP contribution >= 0.6 is 11.6 Å². The van der Waals surface area contributed by atoms with E-state index in [9.17, 15) is 19.8 Å². The fourth-order valence-electron chi connectivity index (χ4n) is 3.49. The van der Waals surface area contributed by atoms with Gasteiger partial charge in [-0.05, 0) is 18.2 Å². The summed E-state index contributed by atoms with van der Waals surface area (Å²) in [6.07, 6.45) is 0.235. The van der Waals surface area contributed by atoms with E-state index in [2.05, 4.69) is 27.2 Å². The molecule has 1 amide bonds. The van der Waals surface area contributed by atoms with Crippen LogP contribution in [0.3, 0.4) is 0 Å². The topological polar surface area (TPSA) is 121 Å². The monoisotopic (exact) mass is 439 g/mol. The molecule has 10 heteroatoms. The van der Waals surface area contributed by atoms with Crippen LogP contribution in [0, 0.1) is 11.8 Å². The fourth-order valence-corrected chi connectivity index (χ4v) is 3.68. The van der Waals surface area contributed by atoms with Crippen molar-refractivity contribution in [1.82, 2.24) is 19.7 Å². The molecule has 1 aliphatic heterocycles. The Kier molecular flexibility index (Phi) is 5.05. The highest BCUT2D eigenvalue weighted by molar-refractivity contribution is 6.30. The molecule has 0 aliphatic carbocycles. The molecule has 158 valence electrons. The number of aromatic nitrogens is 3. The largest absolute Gasteiger partial charge is 0.476 e. The molecule has 1 saturated heterocycles. The van der Waals surface area contributed by atoms with Crippen LogP contribution in [-0.2, 0) is 4.79 Å². The summed E-state index contributed by atoms with van der Waals surface area (Å²) in [7, 11) is 3.23. The Morgan fingerprint density at radius 2 is 2.13 bits per heavy atom. The third-order valence-electron chi connectivity index (χ3n) is 5.09. The first-order chi connectivity index (χ1) is 14.7. The van der Waals surface area contributed by atoms with Gasteiger partial charge in [0, 0.05) is 38.7 Å². The van der Waals surface area contributed by atoms with E-state index in [0.717, 1.165) is 0 Å². The number of nitrogens with one attached hydrogen (secondary N) is 1. The van der Waals surface area contributed by atoms with Gasteiger partial charge in [0.25, 0.3) is 5.91 Å². The number of amides is 1. The summed E-state index contributed by atoms with van der Waals surface area (Å²) in [5.74, 6) is 4.18. The third kappa shape index (κ3) is 3.56. The van der Waals surface area contributed by atoms with E-state index in [1.54, 1.807) is 38.4 Å². The molecule has 0 spiro atoms. The predicted octanol–water partition coefficient (Wildman–Crippen LogP) is 1.76. The molecule has 1 aliphatic rings. The van der Waals surface area contributed by atoms with Crippen molar-refractivity contribution in [2.75, 3.05) is 26.0 Å². The summed E-state index contributed by atoms with van der Waals surface area (Å²) in [6, 6.07) is 8.40. The van der Waals surface area contributed by atoms with Gasteiger partial charge in [-0.2, -0.15) is 5.10 Å². The van der Waals surface area contributed by atoms with Gasteiger partial charge in [0.15, 0.2) is 5.69 Å². The van der Waals surface area contributed by atoms with Gasteiger partial charge in [-0.3, -0.25) is 4.79 Å². The number of carbonyl (C=O) groups is 2. The minimum atomic E-state index is -1.71. The second kappa shape index (κ2) is 7.58. The number of hydrogen-bond acceptors (Lipinski definition) is 6. The number of carboxylic acids is 1. The minimum absolute atomic E-state index is 0.172. The molecule has 0 saturated carbocycles.